The third-order valence-electron chi connectivity index (χ3n) is 9.56. The van der Waals surface area contributed by atoms with Crippen molar-refractivity contribution in [2.75, 3.05) is 44.7 Å². The van der Waals surface area contributed by atoms with Gasteiger partial charge in [-0.15, -0.1) is 0 Å². The molecule has 0 bridgehead atoms. The number of anilines is 1. The highest BCUT2D eigenvalue weighted by Gasteiger charge is 2.44. The summed E-state index contributed by atoms with van der Waals surface area (Å²) in [5.74, 6) is -2.03. The van der Waals surface area contributed by atoms with Gasteiger partial charge in [-0.3, -0.25) is 4.98 Å². The third kappa shape index (κ3) is 5.92. The van der Waals surface area contributed by atoms with Crippen molar-refractivity contribution in [3.63, 3.8) is 0 Å². The molecule has 2 aliphatic rings. The number of β-amino-alcohol motifs (C(OH)–C–C–N with tert-alkyl or cyclic N) is 1. The molecule has 2 saturated heterocycles. The average molecular weight is 642 g/mol. The van der Waals surface area contributed by atoms with E-state index < -0.39 is 35.0 Å². The third-order valence-corrected chi connectivity index (χ3v) is 9.56. The van der Waals surface area contributed by atoms with Crippen molar-refractivity contribution in [3.05, 3.63) is 47.7 Å². The Morgan fingerprint density at radius 3 is 2.61 bits per heavy atom. The van der Waals surface area contributed by atoms with Crippen molar-refractivity contribution in [2.45, 2.75) is 58.5 Å². The van der Waals surface area contributed by atoms with Gasteiger partial charge in [0.05, 0.1) is 17.6 Å². The van der Waals surface area contributed by atoms with Crippen LogP contribution in [0, 0.1) is 23.0 Å². The van der Waals surface area contributed by atoms with Gasteiger partial charge < -0.3 is 24.7 Å². The number of likely N-dealkylation sites (tertiary alicyclic amines) is 1. The van der Waals surface area contributed by atoms with E-state index in [1.807, 2.05) is 16.8 Å². The topological polar surface area (TPSA) is 94.8 Å². The van der Waals surface area contributed by atoms with Gasteiger partial charge >= 0.3 is 6.01 Å². The molecule has 2 fully saturated rings. The van der Waals surface area contributed by atoms with Gasteiger partial charge in [0.15, 0.2) is 5.82 Å². The molecule has 2 aliphatic heterocycles. The van der Waals surface area contributed by atoms with Crippen LogP contribution >= 0.6 is 0 Å². The summed E-state index contributed by atoms with van der Waals surface area (Å²) in [7, 11) is 1.87. The number of halogens is 4. The van der Waals surface area contributed by atoms with Crippen molar-refractivity contribution in [3.8, 4) is 23.0 Å². The SMILES string of the molecule is CCc1c(F)ccc2cc(O)cc(-c3ncc4c(N5CCC[C@@](C)(O)C5)nc(OC[C@]5(C)CN(C)CC[C@@H]5C(F)F)nc4c3F)c12. The number of aromatic hydroxyl groups is 1. The molecule has 6 rings (SSSR count). The van der Waals surface area contributed by atoms with Crippen LogP contribution in [0.3, 0.4) is 0 Å². The number of nitrogens with zero attached hydrogens (tertiary/aromatic N) is 5. The number of alkyl halides is 2. The number of aromatic nitrogens is 3. The number of ether oxygens (including phenoxy) is 1. The summed E-state index contributed by atoms with van der Waals surface area (Å²) < 4.78 is 66.0. The Morgan fingerprint density at radius 2 is 1.89 bits per heavy atom. The van der Waals surface area contributed by atoms with Crippen molar-refractivity contribution < 1.29 is 32.5 Å². The lowest BCUT2D eigenvalue weighted by molar-refractivity contribution is -0.0679. The minimum Gasteiger partial charge on any atom is -0.508 e. The zero-order valence-corrected chi connectivity index (χ0v) is 26.5. The Bertz CT molecular complexity index is 1790. The van der Waals surface area contributed by atoms with Crippen LogP contribution in [0.4, 0.5) is 23.4 Å². The molecule has 0 radical (unpaired) electrons. The zero-order chi connectivity index (χ0) is 33.0. The minimum atomic E-state index is -2.54. The van der Waals surface area contributed by atoms with Gasteiger partial charge in [-0.05, 0) is 80.7 Å². The van der Waals surface area contributed by atoms with E-state index >= 15 is 4.39 Å². The summed E-state index contributed by atoms with van der Waals surface area (Å²) in [6.07, 6.45) is 0.761. The number of rotatable bonds is 7. The van der Waals surface area contributed by atoms with Gasteiger partial charge in [0, 0.05) is 42.7 Å². The van der Waals surface area contributed by atoms with E-state index in [0.29, 0.717) is 67.5 Å². The number of fused-ring (bicyclic) bond motifs is 2. The van der Waals surface area contributed by atoms with Crippen LogP contribution in [0.5, 0.6) is 11.8 Å². The normalized spacial score (nSPS) is 24.3. The van der Waals surface area contributed by atoms with Crippen LogP contribution < -0.4 is 9.64 Å². The Balaban J connectivity index is 1.51. The lowest BCUT2D eigenvalue weighted by Crippen LogP contribution is -2.51. The van der Waals surface area contributed by atoms with E-state index in [1.54, 1.807) is 20.8 Å². The van der Waals surface area contributed by atoms with Crippen molar-refractivity contribution in [1.82, 2.24) is 19.9 Å². The van der Waals surface area contributed by atoms with E-state index in [9.17, 15) is 23.4 Å². The number of phenols is 1. The average Bonchev–Trinajstić information content (AvgIpc) is 2.99. The molecule has 3 atom stereocenters. The van der Waals surface area contributed by atoms with E-state index in [4.69, 9.17) is 4.74 Å². The molecule has 12 heteroatoms. The van der Waals surface area contributed by atoms with Crippen molar-refractivity contribution >= 4 is 27.5 Å². The van der Waals surface area contributed by atoms with E-state index in [-0.39, 0.29) is 47.1 Å². The predicted molar refractivity (Wildman–Crippen MR) is 169 cm³/mol. The van der Waals surface area contributed by atoms with Gasteiger partial charge in [-0.25, -0.2) is 17.6 Å². The van der Waals surface area contributed by atoms with E-state index in [0.717, 1.165) is 0 Å². The molecule has 2 aromatic heterocycles. The zero-order valence-electron chi connectivity index (χ0n) is 26.5. The molecule has 246 valence electrons. The molecule has 0 unspecified atom stereocenters. The highest BCUT2D eigenvalue weighted by atomic mass is 19.3. The maximum absolute atomic E-state index is 16.8. The number of phenolic OH excluding ortho intramolecular Hbond substituents is 1. The lowest BCUT2D eigenvalue weighted by Gasteiger charge is -2.44. The van der Waals surface area contributed by atoms with Crippen molar-refractivity contribution in [1.29, 1.82) is 0 Å². The molecular weight excluding hydrogens is 602 g/mol. The number of hydrogen-bond donors (Lipinski definition) is 2. The number of benzene rings is 2. The predicted octanol–water partition coefficient (Wildman–Crippen LogP) is 6.34. The van der Waals surface area contributed by atoms with Gasteiger partial charge in [0.2, 0.25) is 6.43 Å². The Labute approximate surface area is 265 Å². The minimum absolute atomic E-state index is 0.120. The fourth-order valence-electron chi connectivity index (χ4n) is 7.28. The second-order valence-electron chi connectivity index (χ2n) is 13.4. The molecule has 0 amide bonds. The second-order valence-corrected chi connectivity index (χ2v) is 13.4. The largest absolute Gasteiger partial charge is 0.508 e. The Morgan fingerprint density at radius 1 is 1.11 bits per heavy atom. The second kappa shape index (κ2) is 12.1. The fraction of sp³-hybridized carbons (Fsp3) is 0.500. The first-order valence-electron chi connectivity index (χ1n) is 15.7. The summed E-state index contributed by atoms with van der Waals surface area (Å²) in [5, 5.41) is 22.6. The summed E-state index contributed by atoms with van der Waals surface area (Å²) in [6.45, 7) is 6.81. The molecule has 4 heterocycles. The molecule has 0 spiro atoms. The maximum Gasteiger partial charge on any atom is 0.319 e. The lowest BCUT2D eigenvalue weighted by atomic mass is 9.73. The summed E-state index contributed by atoms with van der Waals surface area (Å²) in [6, 6.07) is 5.49. The maximum atomic E-state index is 16.8. The molecule has 2 N–H and O–H groups in total. The fourth-order valence-corrected chi connectivity index (χ4v) is 7.28. The standard InChI is InChI=1S/C34H39F4N5O3/c1-5-21-25(35)8-7-19-13-20(44)14-22(26(19)21)28-27(36)29-23(15-39-28)31(43-11-6-10-34(3,45)17-43)41-32(40-29)46-18-33(2)16-42(4)12-9-24(33)30(37)38/h7-8,13-15,24,30,44-45H,5-6,9-12,16-18H2,1-4H3/t24-,33+,34-/m1/s1. The molecule has 8 nitrogen and oxygen atoms in total. The molecule has 46 heavy (non-hydrogen) atoms. The van der Waals surface area contributed by atoms with Crippen molar-refractivity contribution in [2.24, 2.45) is 11.3 Å². The van der Waals surface area contributed by atoms with Crippen LogP contribution in [0.1, 0.15) is 45.6 Å². The van der Waals surface area contributed by atoms with Gasteiger partial charge in [-0.2, -0.15) is 9.97 Å². The highest BCUT2D eigenvalue weighted by Crippen LogP contribution is 2.41. The Kier molecular flexibility index (Phi) is 8.47. The monoisotopic (exact) mass is 641 g/mol. The van der Waals surface area contributed by atoms with Crippen LogP contribution in [-0.2, 0) is 6.42 Å². The van der Waals surface area contributed by atoms with Crippen LogP contribution in [0.2, 0.25) is 0 Å². The molecule has 4 aromatic rings. The number of aryl methyl sites for hydroxylation is 1. The van der Waals surface area contributed by atoms with E-state index in [2.05, 4.69) is 15.0 Å². The summed E-state index contributed by atoms with van der Waals surface area (Å²) in [4.78, 5) is 17.3. The summed E-state index contributed by atoms with van der Waals surface area (Å²) >= 11 is 0. The molecular formula is C34H39F4N5O3. The first-order chi connectivity index (χ1) is 21.8. The van der Waals surface area contributed by atoms with Gasteiger partial charge in [0.25, 0.3) is 0 Å². The number of hydrogen-bond acceptors (Lipinski definition) is 8. The number of piperidine rings is 2. The molecule has 0 saturated carbocycles. The summed E-state index contributed by atoms with van der Waals surface area (Å²) in [5.41, 5.74) is -1.65. The van der Waals surface area contributed by atoms with Crippen LogP contribution in [0.25, 0.3) is 32.9 Å². The highest BCUT2D eigenvalue weighted by molar-refractivity contribution is 6.01. The Hall–Kier alpha value is -3.77. The number of pyridine rings is 1. The van der Waals surface area contributed by atoms with Crippen LogP contribution in [0.15, 0.2) is 30.5 Å². The number of aliphatic hydroxyl groups is 1. The quantitative estimate of drug-likeness (QED) is 0.226. The molecule has 0 aliphatic carbocycles. The van der Waals surface area contributed by atoms with E-state index in [1.165, 1.54) is 30.5 Å². The molecule has 2 aromatic carbocycles. The smallest absolute Gasteiger partial charge is 0.319 e. The van der Waals surface area contributed by atoms with Gasteiger partial charge in [0.1, 0.15) is 28.6 Å². The first-order valence-corrected chi connectivity index (χ1v) is 15.7. The first kappa shape index (κ1) is 32.2. The van der Waals surface area contributed by atoms with Gasteiger partial charge in [-0.1, -0.05) is 19.9 Å². The van der Waals surface area contributed by atoms with Crippen LogP contribution in [-0.4, -0.2) is 81.9 Å².